The van der Waals surface area contributed by atoms with E-state index in [0.717, 1.165) is 0 Å². The van der Waals surface area contributed by atoms with Crippen LogP contribution in [0.25, 0.3) is 0 Å². The molecule has 14 heavy (non-hydrogen) atoms. The van der Waals surface area contributed by atoms with Crippen LogP contribution in [0, 0.1) is 11.3 Å². The lowest BCUT2D eigenvalue weighted by atomic mass is 9.86. The van der Waals surface area contributed by atoms with Gasteiger partial charge in [-0.3, -0.25) is 4.79 Å². The maximum absolute atomic E-state index is 10.9. The van der Waals surface area contributed by atoms with Crippen LogP contribution in [-0.4, -0.2) is 36.0 Å². The van der Waals surface area contributed by atoms with Crippen molar-refractivity contribution in [3.63, 3.8) is 0 Å². The first-order valence-electron chi connectivity index (χ1n) is 4.58. The fourth-order valence-corrected chi connectivity index (χ4v) is 2.46. The summed E-state index contributed by atoms with van der Waals surface area (Å²) in [6.07, 6.45) is 0.0923. The number of hydrogen-bond donors (Lipinski definition) is 0. The van der Waals surface area contributed by atoms with Crippen LogP contribution in [0.5, 0.6) is 0 Å². The van der Waals surface area contributed by atoms with Crippen molar-refractivity contribution >= 4 is 5.97 Å². The molecule has 0 unspecified atom stereocenters. The molecule has 3 saturated heterocycles. The van der Waals surface area contributed by atoms with Gasteiger partial charge < -0.3 is 14.2 Å². The minimum atomic E-state index is -1.10. The van der Waals surface area contributed by atoms with Crippen LogP contribution in [0.1, 0.15) is 13.3 Å². The summed E-state index contributed by atoms with van der Waals surface area (Å²) in [5, 5.41) is 9.06. The Kier molecular flexibility index (Phi) is 1.33. The molecule has 0 aromatic carbocycles. The van der Waals surface area contributed by atoms with E-state index in [4.69, 9.17) is 19.5 Å². The quantitative estimate of drug-likeness (QED) is 0.426. The summed E-state index contributed by atoms with van der Waals surface area (Å²) >= 11 is 0. The molecule has 0 aromatic rings. The van der Waals surface area contributed by atoms with E-state index in [1.54, 1.807) is 0 Å². The molecule has 5 atom stereocenters. The van der Waals surface area contributed by atoms with Crippen molar-refractivity contribution < 1.29 is 19.0 Å². The first-order valence-corrected chi connectivity index (χ1v) is 4.58. The lowest BCUT2D eigenvalue weighted by Gasteiger charge is -2.25. The average molecular weight is 195 g/mol. The van der Waals surface area contributed by atoms with Crippen LogP contribution in [0.4, 0.5) is 0 Å². The molecule has 0 N–H and O–H groups in total. The second-order valence-electron chi connectivity index (χ2n) is 3.96. The molecule has 3 aliphatic heterocycles. The first kappa shape index (κ1) is 8.21. The maximum Gasteiger partial charge on any atom is 0.304 e. The predicted octanol–water partition coefficient (Wildman–Crippen LogP) is -0.250. The van der Waals surface area contributed by atoms with Crippen LogP contribution in [0.3, 0.4) is 0 Å². The summed E-state index contributed by atoms with van der Waals surface area (Å²) in [5.74, 6) is -0.445. The Morgan fingerprint density at radius 2 is 2.36 bits per heavy atom. The average Bonchev–Trinajstić information content (AvgIpc) is 2.76. The van der Waals surface area contributed by atoms with Crippen molar-refractivity contribution in [3.8, 4) is 6.07 Å². The lowest BCUT2D eigenvalue weighted by molar-refractivity contribution is -0.156. The first-order chi connectivity index (χ1) is 6.66. The molecular formula is C9H9NO4. The van der Waals surface area contributed by atoms with Crippen LogP contribution >= 0.6 is 0 Å². The lowest BCUT2D eigenvalue weighted by Crippen LogP contribution is -2.45. The van der Waals surface area contributed by atoms with E-state index in [9.17, 15) is 4.79 Å². The molecule has 0 spiro atoms. The van der Waals surface area contributed by atoms with Gasteiger partial charge in [0.15, 0.2) is 0 Å². The van der Waals surface area contributed by atoms with E-state index in [2.05, 4.69) is 0 Å². The Labute approximate surface area is 80.5 Å². The number of carbonyl (C=O) groups excluding carboxylic acids is 1. The third-order valence-electron chi connectivity index (χ3n) is 3.03. The van der Waals surface area contributed by atoms with Gasteiger partial charge in [0.05, 0.1) is 6.10 Å². The highest BCUT2D eigenvalue weighted by atomic mass is 16.7. The molecule has 0 aliphatic carbocycles. The SMILES string of the molecule is CC(=O)O[C@]1(C#N)C[C@H]2O[C@@H]1[C@@H]1O[C@@H]12. The summed E-state index contributed by atoms with van der Waals surface area (Å²) in [5.41, 5.74) is -1.10. The largest absolute Gasteiger partial charge is 0.441 e. The molecule has 5 nitrogen and oxygen atoms in total. The number of carbonyl (C=O) groups is 1. The zero-order valence-electron chi connectivity index (χ0n) is 7.60. The fraction of sp³-hybridized carbons (Fsp3) is 0.778. The molecule has 3 rings (SSSR count). The van der Waals surface area contributed by atoms with Crippen molar-refractivity contribution in [1.29, 1.82) is 5.26 Å². The third-order valence-corrected chi connectivity index (χ3v) is 3.03. The number of ether oxygens (including phenoxy) is 3. The van der Waals surface area contributed by atoms with Gasteiger partial charge in [-0.1, -0.05) is 0 Å². The summed E-state index contributed by atoms with van der Waals surface area (Å²) < 4.78 is 15.9. The van der Waals surface area contributed by atoms with E-state index in [1.165, 1.54) is 6.92 Å². The number of nitriles is 1. The van der Waals surface area contributed by atoms with Crippen molar-refractivity contribution in [2.24, 2.45) is 0 Å². The van der Waals surface area contributed by atoms with Gasteiger partial charge in [-0.15, -0.1) is 0 Å². The molecule has 3 fully saturated rings. The molecule has 2 bridgehead atoms. The number of nitrogens with zero attached hydrogens (tertiary/aromatic N) is 1. The van der Waals surface area contributed by atoms with Crippen molar-refractivity contribution in [2.45, 2.75) is 43.4 Å². The van der Waals surface area contributed by atoms with Gasteiger partial charge in [-0.2, -0.15) is 5.26 Å². The van der Waals surface area contributed by atoms with Gasteiger partial charge >= 0.3 is 5.97 Å². The number of hydrogen-bond acceptors (Lipinski definition) is 5. The normalized spacial score (nSPS) is 52.3. The van der Waals surface area contributed by atoms with Gasteiger partial charge in [0.25, 0.3) is 0 Å². The van der Waals surface area contributed by atoms with Crippen LogP contribution in [0.15, 0.2) is 0 Å². The Bertz CT molecular complexity index is 349. The van der Waals surface area contributed by atoms with Gasteiger partial charge in [-0.25, -0.2) is 0 Å². The maximum atomic E-state index is 10.9. The molecular weight excluding hydrogens is 186 g/mol. The Morgan fingerprint density at radius 3 is 2.86 bits per heavy atom. The highest BCUT2D eigenvalue weighted by molar-refractivity contribution is 5.67. The van der Waals surface area contributed by atoms with Crippen molar-refractivity contribution in [2.75, 3.05) is 0 Å². The zero-order valence-corrected chi connectivity index (χ0v) is 7.60. The van der Waals surface area contributed by atoms with Crippen molar-refractivity contribution in [1.82, 2.24) is 0 Å². The van der Waals surface area contributed by atoms with Crippen LogP contribution in [0.2, 0.25) is 0 Å². The third kappa shape index (κ3) is 0.825. The van der Waals surface area contributed by atoms with E-state index < -0.39 is 11.6 Å². The predicted molar refractivity (Wildman–Crippen MR) is 42.0 cm³/mol. The molecule has 0 amide bonds. The minimum Gasteiger partial charge on any atom is -0.441 e. The van der Waals surface area contributed by atoms with E-state index >= 15 is 0 Å². The van der Waals surface area contributed by atoms with Gasteiger partial charge in [0.1, 0.15) is 24.4 Å². The zero-order chi connectivity index (χ0) is 9.92. The molecule has 0 aromatic heterocycles. The molecule has 74 valence electrons. The standard InChI is InChI=1S/C9H9NO4/c1-4(11)14-9(3-10)2-5-6-7(13-6)8(9)12-5/h5-8H,2H2,1H3/t5-,6-,7-,8-,9+/m1/s1. The molecule has 3 aliphatic rings. The molecule has 0 saturated carbocycles. The van der Waals surface area contributed by atoms with Gasteiger partial charge in [0.2, 0.25) is 5.60 Å². The number of rotatable bonds is 1. The fourth-order valence-electron chi connectivity index (χ4n) is 2.46. The molecule has 0 radical (unpaired) electrons. The smallest absolute Gasteiger partial charge is 0.304 e. The Morgan fingerprint density at radius 1 is 1.57 bits per heavy atom. The summed E-state index contributed by atoms with van der Waals surface area (Å²) in [7, 11) is 0. The highest BCUT2D eigenvalue weighted by Crippen LogP contribution is 2.53. The highest BCUT2D eigenvalue weighted by Gasteiger charge is 2.72. The molecule has 5 heteroatoms. The van der Waals surface area contributed by atoms with Crippen LogP contribution in [-0.2, 0) is 19.0 Å². The van der Waals surface area contributed by atoms with Crippen LogP contribution < -0.4 is 0 Å². The van der Waals surface area contributed by atoms with E-state index in [-0.39, 0.29) is 24.4 Å². The van der Waals surface area contributed by atoms with E-state index in [1.807, 2.05) is 6.07 Å². The summed E-state index contributed by atoms with van der Waals surface area (Å²) in [6, 6.07) is 2.05. The monoisotopic (exact) mass is 195 g/mol. The summed E-state index contributed by atoms with van der Waals surface area (Å²) in [6.45, 7) is 1.30. The van der Waals surface area contributed by atoms with Gasteiger partial charge in [0, 0.05) is 13.3 Å². The number of epoxide rings is 1. The number of esters is 1. The van der Waals surface area contributed by atoms with Gasteiger partial charge in [-0.05, 0) is 0 Å². The number of fused-ring (bicyclic) bond motifs is 5. The minimum absolute atomic E-state index is 0.0345. The Hall–Kier alpha value is -1.12. The Balaban J connectivity index is 1.89. The molecule has 3 heterocycles. The second kappa shape index (κ2) is 2.27. The summed E-state index contributed by atoms with van der Waals surface area (Å²) in [4.78, 5) is 10.9. The van der Waals surface area contributed by atoms with Crippen molar-refractivity contribution in [3.05, 3.63) is 0 Å². The topological polar surface area (TPSA) is 71.9 Å². The second-order valence-corrected chi connectivity index (χ2v) is 3.96. The van der Waals surface area contributed by atoms with E-state index in [0.29, 0.717) is 6.42 Å².